The van der Waals surface area contributed by atoms with Crippen LogP contribution in [-0.2, 0) is 0 Å². The van der Waals surface area contributed by atoms with Crippen molar-refractivity contribution in [2.45, 2.75) is 13.8 Å². The maximum absolute atomic E-state index is 8.49. The van der Waals surface area contributed by atoms with Crippen molar-refractivity contribution in [2.24, 2.45) is 0 Å². The molecule has 0 aromatic heterocycles. The smallest absolute Gasteiger partial charge is 0.164 e. The van der Waals surface area contributed by atoms with Gasteiger partial charge in [0, 0.05) is 10.5 Å². The summed E-state index contributed by atoms with van der Waals surface area (Å²) in [6.45, 7) is 6.25. The van der Waals surface area contributed by atoms with Gasteiger partial charge in [-0.3, -0.25) is 0 Å². The Kier molecular flexibility index (Phi) is 10.1. The Bertz CT molecular complexity index is 472. The maximum atomic E-state index is 8.49. The average Bonchev–Trinajstić information content (AvgIpc) is 2.38. The summed E-state index contributed by atoms with van der Waals surface area (Å²) >= 11 is 9.61. The van der Waals surface area contributed by atoms with E-state index >= 15 is 0 Å². The lowest BCUT2D eigenvalue weighted by molar-refractivity contribution is -2.00. The van der Waals surface area contributed by atoms with E-state index in [-0.39, 0.29) is 0 Å². The predicted molar refractivity (Wildman–Crippen MR) is 75.4 cm³/mol. The second-order valence-corrected chi connectivity index (χ2v) is 5.85. The van der Waals surface area contributed by atoms with Crippen molar-refractivity contribution in [1.82, 2.24) is 0 Å². The van der Waals surface area contributed by atoms with E-state index in [1.807, 2.05) is 36.6 Å². The first kappa shape index (κ1) is 20.5. The minimum atomic E-state index is -4.94. The Labute approximate surface area is 139 Å². The van der Waals surface area contributed by atoms with Gasteiger partial charge in [-0.05, 0) is 31.5 Å². The number of allylic oxidation sites excluding steroid dienone is 1. The number of nitrogens with zero attached hydrogens (tertiary/aromatic N) is 1. The first-order valence-corrected chi connectivity index (χ1v) is 8.40. The van der Waals surface area contributed by atoms with Crippen molar-refractivity contribution in [3.05, 3.63) is 40.4 Å². The van der Waals surface area contributed by atoms with Gasteiger partial charge in [-0.1, -0.05) is 39.7 Å². The average molecular weight is 401 g/mol. The Hall–Kier alpha value is -0.470. The number of hydrogen-bond acceptors (Lipinski definition) is 4. The van der Waals surface area contributed by atoms with Crippen LogP contribution in [0, 0.1) is 10.2 Å². The molecule has 0 N–H and O–H groups in total. The van der Waals surface area contributed by atoms with Gasteiger partial charge in [0.1, 0.15) is 13.1 Å². The molecule has 0 fully saturated rings. The fourth-order valence-electron chi connectivity index (χ4n) is 1.31. The van der Waals surface area contributed by atoms with Gasteiger partial charge < -0.3 is 0 Å². The molecule has 5 nitrogen and oxygen atoms in total. The molecule has 1 aromatic rings. The second-order valence-electron chi connectivity index (χ2n) is 3.77. The zero-order valence-electron chi connectivity index (χ0n) is 11.6. The van der Waals surface area contributed by atoms with Gasteiger partial charge in [0.15, 0.2) is 6.21 Å². The first-order valence-electron chi connectivity index (χ1n) is 5.99. The maximum Gasteiger partial charge on any atom is 0.164 e. The van der Waals surface area contributed by atoms with Crippen LogP contribution in [0.25, 0.3) is 5.03 Å². The van der Waals surface area contributed by atoms with Crippen molar-refractivity contribution in [2.75, 3.05) is 13.1 Å². The summed E-state index contributed by atoms with van der Waals surface area (Å²) in [5.74, 6) is 0. The largest absolute Gasteiger partial charge is 0.237 e. The van der Waals surface area contributed by atoms with Gasteiger partial charge in [0.2, 0.25) is 0 Å². The summed E-state index contributed by atoms with van der Waals surface area (Å²) in [6.07, 6.45) is 3.97. The summed E-state index contributed by atoms with van der Waals surface area (Å²) in [5, 5.41) is 0.763. The van der Waals surface area contributed by atoms with Gasteiger partial charge in [0.25, 0.3) is 0 Å². The van der Waals surface area contributed by atoms with E-state index in [1.54, 1.807) is 0 Å². The van der Waals surface area contributed by atoms with Gasteiger partial charge in [-0.2, -0.15) is 0 Å². The monoisotopic (exact) mass is 399 g/mol. The van der Waals surface area contributed by atoms with Gasteiger partial charge in [-0.25, -0.2) is 23.2 Å². The van der Waals surface area contributed by atoms with Crippen molar-refractivity contribution >= 4 is 38.8 Å². The van der Waals surface area contributed by atoms with Crippen LogP contribution in [0.2, 0.25) is 0 Å². The molecule has 0 bridgehead atoms. The molecule has 8 heteroatoms. The highest BCUT2D eigenvalue weighted by Gasteiger charge is 1.98. The highest BCUT2D eigenvalue weighted by atomic mass is 79.9. The molecule has 0 amide bonds. The van der Waals surface area contributed by atoms with E-state index in [9.17, 15) is 0 Å². The third-order valence-electron chi connectivity index (χ3n) is 2.36. The van der Waals surface area contributed by atoms with E-state index < -0.39 is 10.2 Å². The molecule has 21 heavy (non-hydrogen) atoms. The summed E-state index contributed by atoms with van der Waals surface area (Å²) in [6, 6.07) is 7.98. The molecule has 0 aliphatic rings. The third kappa shape index (κ3) is 11.8. The minimum absolute atomic E-state index is 0.763. The molecule has 118 valence electrons. The van der Waals surface area contributed by atoms with Crippen LogP contribution in [0.4, 0.5) is 0 Å². The van der Waals surface area contributed by atoms with Gasteiger partial charge in [0.05, 0.1) is 5.03 Å². The molecule has 0 heterocycles. The zero-order valence-corrected chi connectivity index (χ0v) is 14.7. The van der Waals surface area contributed by atoms with E-state index in [1.165, 1.54) is 0 Å². The lowest BCUT2D eigenvalue weighted by Gasteiger charge is -2.17. The van der Waals surface area contributed by atoms with Crippen LogP contribution in [0.15, 0.2) is 34.8 Å². The summed E-state index contributed by atoms with van der Waals surface area (Å²) in [4.78, 5) is 0. The second kappa shape index (κ2) is 10.3. The lowest BCUT2D eigenvalue weighted by Crippen LogP contribution is -2.68. The number of halogens is 3. The SMILES string of the molecule is CC[N+](=C/C=C(\Cl)c1ccc(Br)cc1)CC.[O-][Cl+3]([O-])([O-])[O-]. The van der Waals surface area contributed by atoms with E-state index in [2.05, 4.69) is 34.4 Å². The van der Waals surface area contributed by atoms with Crippen LogP contribution in [0.5, 0.6) is 0 Å². The van der Waals surface area contributed by atoms with Crippen molar-refractivity contribution in [3.63, 3.8) is 0 Å². The normalized spacial score (nSPS) is 11.5. The third-order valence-corrected chi connectivity index (χ3v) is 3.24. The highest BCUT2D eigenvalue weighted by Crippen LogP contribution is 2.20. The molecule has 0 saturated carbocycles. The van der Waals surface area contributed by atoms with Crippen molar-refractivity contribution < 1.29 is 33.5 Å². The summed E-state index contributed by atoms with van der Waals surface area (Å²) < 4.78 is 37.2. The molecule has 0 aliphatic heterocycles. The Morgan fingerprint density at radius 1 is 1.14 bits per heavy atom. The minimum Gasteiger partial charge on any atom is -0.237 e. The number of hydrogen-bond donors (Lipinski definition) is 0. The highest BCUT2D eigenvalue weighted by molar-refractivity contribution is 9.10. The molecule has 0 atom stereocenters. The molecule has 0 saturated heterocycles. The van der Waals surface area contributed by atoms with Crippen LogP contribution in [-0.4, -0.2) is 23.9 Å². The van der Waals surface area contributed by atoms with E-state index in [0.29, 0.717) is 0 Å². The molecule has 0 radical (unpaired) electrons. The Morgan fingerprint density at radius 3 is 1.95 bits per heavy atom. The molecule has 1 rings (SSSR count). The summed E-state index contributed by atoms with van der Waals surface area (Å²) in [5.41, 5.74) is 1.04. The van der Waals surface area contributed by atoms with Gasteiger partial charge in [-0.15, -0.1) is 10.2 Å². The molecule has 1 aromatic carbocycles. The summed E-state index contributed by atoms with van der Waals surface area (Å²) in [7, 11) is -4.94. The van der Waals surface area contributed by atoms with Crippen LogP contribution < -0.4 is 18.6 Å². The first-order chi connectivity index (χ1) is 9.67. The molecular formula is C13H16BrCl2NO4. The number of benzene rings is 1. The Balaban J connectivity index is 0.000000690. The van der Waals surface area contributed by atoms with E-state index in [0.717, 1.165) is 28.2 Å². The zero-order chi connectivity index (χ0) is 16.5. The topological polar surface area (TPSA) is 95.2 Å². The van der Waals surface area contributed by atoms with Gasteiger partial charge >= 0.3 is 0 Å². The quantitative estimate of drug-likeness (QED) is 0.497. The lowest BCUT2D eigenvalue weighted by atomic mass is 10.2. The fourth-order valence-corrected chi connectivity index (χ4v) is 1.76. The number of rotatable bonds is 4. The van der Waals surface area contributed by atoms with Crippen LogP contribution >= 0.6 is 27.5 Å². The van der Waals surface area contributed by atoms with Crippen molar-refractivity contribution in [1.29, 1.82) is 0 Å². The van der Waals surface area contributed by atoms with Crippen LogP contribution in [0.1, 0.15) is 19.4 Å². The van der Waals surface area contributed by atoms with E-state index in [4.69, 9.17) is 30.2 Å². The fraction of sp³-hybridized carbons (Fsp3) is 0.308. The molecular weight excluding hydrogens is 385 g/mol. The predicted octanol–water partition coefficient (Wildman–Crippen LogP) is -0.604. The standard InChI is InChI=1S/C13H16BrClN.ClHO4/c1-3-16(4-2)10-9-13(15)11-5-7-12(14)8-6-11;2-1(3,4)5/h5-10H,3-4H2,1-2H3;(H,2,3,4,5)/q+1;/p-1/b13-9-;. The van der Waals surface area contributed by atoms with Crippen LogP contribution in [0.3, 0.4) is 0 Å². The molecule has 0 unspecified atom stereocenters. The Morgan fingerprint density at radius 2 is 1.57 bits per heavy atom. The molecule has 0 spiro atoms. The van der Waals surface area contributed by atoms with Crippen molar-refractivity contribution in [3.8, 4) is 0 Å². The molecule has 0 aliphatic carbocycles.